The number of hydrogen-bond donors (Lipinski definition) is 2. The third kappa shape index (κ3) is 2.73. The first-order valence-corrected chi connectivity index (χ1v) is 7.49. The zero-order chi connectivity index (χ0) is 15.0. The molecule has 21 heavy (non-hydrogen) atoms. The normalized spacial score (nSPS) is 24.0. The summed E-state index contributed by atoms with van der Waals surface area (Å²) < 4.78 is 0. The second-order valence-electron chi connectivity index (χ2n) is 6.11. The molecule has 0 bridgehead atoms. The van der Waals surface area contributed by atoms with Gasteiger partial charge >= 0.3 is 12.0 Å². The van der Waals surface area contributed by atoms with Gasteiger partial charge in [-0.1, -0.05) is 13.0 Å². The van der Waals surface area contributed by atoms with Gasteiger partial charge in [0.05, 0.1) is 5.56 Å². The Morgan fingerprint density at radius 3 is 2.81 bits per heavy atom. The number of nitrogens with zero attached hydrogens (tertiary/aromatic N) is 1. The summed E-state index contributed by atoms with van der Waals surface area (Å²) in [5, 5.41) is 12.2. The highest BCUT2D eigenvalue weighted by Gasteiger charge is 2.29. The lowest BCUT2D eigenvalue weighted by Crippen LogP contribution is -2.43. The van der Waals surface area contributed by atoms with Crippen molar-refractivity contribution in [2.75, 3.05) is 11.4 Å². The molecule has 1 aliphatic carbocycles. The zero-order valence-corrected chi connectivity index (χ0v) is 12.1. The predicted molar refractivity (Wildman–Crippen MR) is 79.8 cm³/mol. The first-order chi connectivity index (χ1) is 10.0. The quantitative estimate of drug-likeness (QED) is 0.879. The fourth-order valence-corrected chi connectivity index (χ4v) is 3.31. The number of rotatable bonds is 2. The van der Waals surface area contributed by atoms with Crippen LogP contribution in [0.5, 0.6) is 0 Å². The van der Waals surface area contributed by atoms with E-state index in [0.29, 0.717) is 12.5 Å². The Bertz CT molecular complexity index is 585. The molecule has 1 heterocycles. The number of carboxylic acids is 1. The minimum absolute atomic E-state index is 0.101. The molecule has 2 atom stereocenters. The number of aromatic carboxylic acids is 1. The maximum Gasteiger partial charge on any atom is 0.335 e. The van der Waals surface area contributed by atoms with E-state index in [1.54, 1.807) is 17.0 Å². The summed E-state index contributed by atoms with van der Waals surface area (Å²) in [4.78, 5) is 25.2. The molecule has 112 valence electrons. The van der Waals surface area contributed by atoms with Gasteiger partial charge in [0.1, 0.15) is 0 Å². The molecular weight excluding hydrogens is 268 g/mol. The fraction of sp³-hybridized carbons (Fsp3) is 0.500. The van der Waals surface area contributed by atoms with E-state index >= 15 is 0 Å². The number of benzene rings is 1. The first kappa shape index (κ1) is 13.9. The van der Waals surface area contributed by atoms with Crippen LogP contribution < -0.4 is 10.2 Å². The van der Waals surface area contributed by atoms with Crippen molar-refractivity contribution in [3.05, 3.63) is 29.3 Å². The third-order valence-electron chi connectivity index (χ3n) is 4.50. The van der Waals surface area contributed by atoms with Crippen LogP contribution in [0.2, 0.25) is 0 Å². The Morgan fingerprint density at radius 2 is 2.14 bits per heavy atom. The molecule has 5 nitrogen and oxygen atoms in total. The smallest absolute Gasteiger partial charge is 0.335 e. The summed E-state index contributed by atoms with van der Waals surface area (Å²) in [6.45, 7) is 2.82. The van der Waals surface area contributed by atoms with Crippen molar-refractivity contribution in [3.8, 4) is 0 Å². The number of carboxylic acid groups (broad SMARTS) is 1. The average Bonchev–Trinajstić information content (AvgIpc) is 3.04. The number of nitrogens with one attached hydrogen (secondary N) is 1. The van der Waals surface area contributed by atoms with Crippen molar-refractivity contribution in [1.29, 1.82) is 0 Å². The van der Waals surface area contributed by atoms with Gasteiger partial charge in [0.15, 0.2) is 0 Å². The molecule has 2 unspecified atom stereocenters. The lowest BCUT2D eigenvalue weighted by atomic mass is 10.1. The van der Waals surface area contributed by atoms with Crippen LogP contribution in [0.15, 0.2) is 18.2 Å². The van der Waals surface area contributed by atoms with E-state index in [1.165, 1.54) is 0 Å². The van der Waals surface area contributed by atoms with E-state index in [0.717, 1.165) is 36.9 Å². The molecule has 1 aromatic rings. The van der Waals surface area contributed by atoms with Crippen LogP contribution in [0.1, 0.15) is 42.1 Å². The second-order valence-corrected chi connectivity index (χ2v) is 6.11. The standard InChI is InChI=1S/C16H20N2O3/c1-10-2-5-13(8-10)17-16(21)18-7-6-11-3-4-12(15(19)20)9-14(11)18/h3-4,9-10,13H,2,5-8H2,1H3,(H,17,21)(H,19,20). The van der Waals surface area contributed by atoms with Crippen molar-refractivity contribution in [1.82, 2.24) is 5.32 Å². The Labute approximate surface area is 123 Å². The van der Waals surface area contributed by atoms with Crippen molar-refractivity contribution < 1.29 is 14.7 Å². The van der Waals surface area contributed by atoms with Gasteiger partial charge in [-0.05, 0) is 49.3 Å². The zero-order valence-electron chi connectivity index (χ0n) is 12.1. The highest BCUT2D eigenvalue weighted by atomic mass is 16.4. The number of carbonyl (C=O) groups excluding carboxylic acids is 1. The number of amides is 2. The number of anilines is 1. The fourth-order valence-electron chi connectivity index (χ4n) is 3.31. The van der Waals surface area contributed by atoms with Gasteiger partial charge in [0, 0.05) is 18.3 Å². The number of hydrogen-bond acceptors (Lipinski definition) is 2. The molecule has 1 aromatic carbocycles. The highest BCUT2D eigenvalue weighted by molar-refractivity contribution is 5.97. The maximum atomic E-state index is 12.4. The lowest BCUT2D eigenvalue weighted by molar-refractivity contribution is 0.0697. The molecule has 1 saturated carbocycles. The molecule has 5 heteroatoms. The van der Waals surface area contributed by atoms with E-state index in [9.17, 15) is 9.59 Å². The molecule has 2 amide bonds. The highest BCUT2D eigenvalue weighted by Crippen LogP contribution is 2.30. The Hall–Kier alpha value is -2.04. The molecule has 0 radical (unpaired) electrons. The van der Waals surface area contributed by atoms with Crippen molar-refractivity contribution in [3.63, 3.8) is 0 Å². The molecule has 0 spiro atoms. The van der Waals surface area contributed by atoms with Gasteiger partial charge in [-0.3, -0.25) is 4.90 Å². The van der Waals surface area contributed by atoms with Gasteiger partial charge in [-0.25, -0.2) is 9.59 Å². The molecule has 1 aliphatic heterocycles. The van der Waals surface area contributed by atoms with Crippen LogP contribution in [-0.4, -0.2) is 29.7 Å². The van der Waals surface area contributed by atoms with Crippen LogP contribution in [0.4, 0.5) is 10.5 Å². The van der Waals surface area contributed by atoms with Crippen LogP contribution >= 0.6 is 0 Å². The Kier molecular flexibility index (Phi) is 3.57. The van der Waals surface area contributed by atoms with Crippen molar-refractivity contribution >= 4 is 17.7 Å². The van der Waals surface area contributed by atoms with Gasteiger partial charge in [0.25, 0.3) is 0 Å². The number of fused-ring (bicyclic) bond motifs is 1. The molecule has 3 rings (SSSR count). The van der Waals surface area contributed by atoms with Crippen LogP contribution in [0.25, 0.3) is 0 Å². The third-order valence-corrected chi connectivity index (χ3v) is 4.50. The maximum absolute atomic E-state index is 12.4. The molecule has 2 aliphatic rings. The van der Waals surface area contributed by atoms with Crippen molar-refractivity contribution in [2.24, 2.45) is 5.92 Å². The SMILES string of the molecule is CC1CCC(NC(=O)N2CCc3ccc(C(=O)O)cc32)C1. The van der Waals surface area contributed by atoms with Gasteiger partial charge < -0.3 is 10.4 Å². The van der Waals surface area contributed by atoms with E-state index in [4.69, 9.17) is 5.11 Å². The monoisotopic (exact) mass is 288 g/mol. The Balaban J connectivity index is 1.75. The average molecular weight is 288 g/mol. The molecule has 0 aromatic heterocycles. The van der Waals surface area contributed by atoms with Gasteiger partial charge in [-0.15, -0.1) is 0 Å². The van der Waals surface area contributed by atoms with Gasteiger partial charge in [0.2, 0.25) is 0 Å². The van der Waals surface area contributed by atoms with E-state index < -0.39 is 5.97 Å². The molecule has 1 fully saturated rings. The van der Waals surface area contributed by atoms with Crippen LogP contribution in [0, 0.1) is 5.92 Å². The number of carbonyl (C=O) groups is 2. The van der Waals surface area contributed by atoms with E-state index in [2.05, 4.69) is 12.2 Å². The molecular formula is C16H20N2O3. The second kappa shape index (κ2) is 5.39. The van der Waals surface area contributed by atoms with Crippen LogP contribution in [-0.2, 0) is 6.42 Å². The molecule has 0 saturated heterocycles. The molecule has 2 N–H and O–H groups in total. The van der Waals surface area contributed by atoms with Crippen molar-refractivity contribution in [2.45, 2.75) is 38.6 Å². The summed E-state index contributed by atoms with van der Waals surface area (Å²) in [7, 11) is 0. The van der Waals surface area contributed by atoms with Gasteiger partial charge in [-0.2, -0.15) is 0 Å². The summed E-state index contributed by atoms with van der Waals surface area (Å²) in [5.74, 6) is -0.297. The lowest BCUT2D eigenvalue weighted by Gasteiger charge is -2.21. The van der Waals surface area contributed by atoms with Crippen LogP contribution in [0.3, 0.4) is 0 Å². The summed E-state index contributed by atoms with van der Waals surface area (Å²) >= 11 is 0. The topological polar surface area (TPSA) is 69.6 Å². The summed E-state index contributed by atoms with van der Waals surface area (Å²) in [5.41, 5.74) is 2.00. The predicted octanol–water partition coefficient (Wildman–Crippen LogP) is 2.65. The summed E-state index contributed by atoms with van der Waals surface area (Å²) in [6, 6.07) is 5.15. The van der Waals surface area contributed by atoms with E-state index in [-0.39, 0.29) is 17.6 Å². The minimum Gasteiger partial charge on any atom is -0.478 e. The first-order valence-electron chi connectivity index (χ1n) is 7.49. The van der Waals surface area contributed by atoms with E-state index in [1.807, 2.05) is 6.07 Å². The Morgan fingerprint density at radius 1 is 1.33 bits per heavy atom. The number of urea groups is 1. The largest absolute Gasteiger partial charge is 0.478 e. The minimum atomic E-state index is -0.963. The summed E-state index contributed by atoms with van der Waals surface area (Å²) in [6.07, 6.45) is 4.00.